The molecule has 0 bridgehead atoms. The van der Waals surface area contributed by atoms with Crippen LogP contribution >= 0.6 is 0 Å². The van der Waals surface area contributed by atoms with Gasteiger partial charge in [0.1, 0.15) is 0 Å². The van der Waals surface area contributed by atoms with E-state index >= 15 is 0 Å². The van der Waals surface area contributed by atoms with Gasteiger partial charge in [-0.3, -0.25) is 5.43 Å². The summed E-state index contributed by atoms with van der Waals surface area (Å²) in [5, 5.41) is 7.47. The van der Waals surface area contributed by atoms with Crippen molar-refractivity contribution in [2.24, 2.45) is 10.3 Å². The number of anilines is 1. The molecule has 2 aromatic rings. The molecule has 0 radical (unpaired) electrons. The maximum atomic E-state index is 12.5. The summed E-state index contributed by atoms with van der Waals surface area (Å²) >= 11 is 0. The molecule has 1 N–H and O–H groups in total. The van der Waals surface area contributed by atoms with Gasteiger partial charge in [0, 0.05) is 0 Å². The van der Waals surface area contributed by atoms with Crippen LogP contribution < -0.4 is 5.43 Å². The van der Waals surface area contributed by atoms with Crippen molar-refractivity contribution >= 4 is 11.4 Å². The van der Waals surface area contributed by atoms with Crippen LogP contribution in [0.1, 0.15) is 5.56 Å². The van der Waals surface area contributed by atoms with Gasteiger partial charge in [-0.15, -0.1) is 5.11 Å². The lowest BCUT2D eigenvalue weighted by Gasteiger charge is -2.07. The summed E-state index contributed by atoms with van der Waals surface area (Å²) in [6.45, 7) is 0. The number of benzene rings is 2. The number of nitrogens with one attached hydrogen (secondary N) is 1. The van der Waals surface area contributed by atoms with E-state index in [1.807, 2.05) is 6.07 Å². The second-order valence-electron chi connectivity index (χ2n) is 3.73. The third-order valence-electron chi connectivity index (χ3n) is 2.29. The largest absolute Gasteiger partial charge is 0.416 e. The first-order valence-electron chi connectivity index (χ1n) is 5.45. The molecule has 0 fully saturated rings. The molecular weight excluding hydrogens is 255 g/mol. The van der Waals surface area contributed by atoms with E-state index in [-0.39, 0.29) is 5.69 Å². The highest BCUT2D eigenvalue weighted by atomic mass is 19.4. The maximum absolute atomic E-state index is 12.5. The molecule has 6 heteroatoms. The number of halogens is 3. The SMILES string of the molecule is FC(F)(F)c1cccc(NN=Nc2ccccc2)c1. The van der Waals surface area contributed by atoms with Crippen molar-refractivity contribution in [3.8, 4) is 0 Å². The minimum atomic E-state index is -4.37. The van der Waals surface area contributed by atoms with Gasteiger partial charge < -0.3 is 0 Å². The molecule has 0 aliphatic heterocycles. The molecule has 0 unspecified atom stereocenters. The zero-order valence-corrected chi connectivity index (χ0v) is 9.72. The zero-order valence-electron chi connectivity index (χ0n) is 9.72. The third-order valence-corrected chi connectivity index (χ3v) is 2.29. The first-order chi connectivity index (χ1) is 9.05. The van der Waals surface area contributed by atoms with E-state index in [9.17, 15) is 13.2 Å². The van der Waals surface area contributed by atoms with E-state index < -0.39 is 11.7 Å². The van der Waals surface area contributed by atoms with E-state index in [2.05, 4.69) is 15.8 Å². The molecule has 2 rings (SSSR count). The van der Waals surface area contributed by atoms with Crippen molar-refractivity contribution in [1.82, 2.24) is 0 Å². The highest BCUT2D eigenvalue weighted by Crippen LogP contribution is 2.30. The van der Waals surface area contributed by atoms with Crippen molar-refractivity contribution in [3.05, 3.63) is 60.2 Å². The van der Waals surface area contributed by atoms with E-state index in [0.29, 0.717) is 5.69 Å². The maximum Gasteiger partial charge on any atom is 0.416 e. The number of hydrogen-bond acceptors (Lipinski definition) is 2. The molecular formula is C13H10F3N3. The zero-order chi connectivity index (χ0) is 13.7. The van der Waals surface area contributed by atoms with Crippen LogP contribution in [-0.4, -0.2) is 0 Å². The molecule has 0 spiro atoms. The standard InChI is InChI=1S/C13H10F3N3/c14-13(15,16)10-5-4-8-12(9-10)18-19-17-11-6-2-1-3-7-11/h1-9H,(H,17,18). The molecule has 0 amide bonds. The molecule has 0 saturated heterocycles. The molecule has 0 heterocycles. The predicted molar refractivity (Wildman–Crippen MR) is 66.0 cm³/mol. The van der Waals surface area contributed by atoms with Crippen molar-refractivity contribution in [2.45, 2.75) is 6.18 Å². The van der Waals surface area contributed by atoms with Crippen LogP contribution in [0.3, 0.4) is 0 Å². The molecule has 19 heavy (non-hydrogen) atoms. The Morgan fingerprint density at radius 2 is 1.63 bits per heavy atom. The molecule has 0 saturated carbocycles. The fourth-order valence-corrected chi connectivity index (χ4v) is 1.40. The lowest BCUT2D eigenvalue weighted by molar-refractivity contribution is -0.137. The summed E-state index contributed by atoms with van der Waals surface area (Å²) < 4.78 is 37.4. The van der Waals surface area contributed by atoms with Gasteiger partial charge in [-0.2, -0.15) is 13.2 Å². The number of rotatable bonds is 3. The van der Waals surface area contributed by atoms with Crippen molar-refractivity contribution in [2.75, 3.05) is 5.43 Å². The number of alkyl halides is 3. The van der Waals surface area contributed by atoms with Crippen LogP contribution in [0.5, 0.6) is 0 Å². The van der Waals surface area contributed by atoms with Crippen molar-refractivity contribution < 1.29 is 13.2 Å². The van der Waals surface area contributed by atoms with Crippen LogP contribution in [0.25, 0.3) is 0 Å². The topological polar surface area (TPSA) is 36.8 Å². The lowest BCUT2D eigenvalue weighted by Crippen LogP contribution is -2.04. The predicted octanol–water partition coefficient (Wildman–Crippen LogP) is 4.82. The van der Waals surface area contributed by atoms with Crippen LogP contribution in [-0.2, 0) is 6.18 Å². The normalized spacial score (nSPS) is 11.7. The molecule has 2 aromatic carbocycles. The Kier molecular flexibility index (Phi) is 3.79. The molecule has 3 nitrogen and oxygen atoms in total. The van der Waals surface area contributed by atoms with Crippen LogP contribution in [0.2, 0.25) is 0 Å². The summed E-state index contributed by atoms with van der Waals surface area (Å²) in [7, 11) is 0. The average molecular weight is 265 g/mol. The number of hydrogen-bond donors (Lipinski definition) is 1. The van der Waals surface area contributed by atoms with Gasteiger partial charge in [-0.25, -0.2) is 0 Å². The van der Waals surface area contributed by atoms with Crippen LogP contribution in [0.15, 0.2) is 64.9 Å². The van der Waals surface area contributed by atoms with Gasteiger partial charge in [-0.05, 0) is 30.3 Å². The van der Waals surface area contributed by atoms with E-state index in [1.165, 1.54) is 12.1 Å². The Morgan fingerprint density at radius 1 is 0.895 bits per heavy atom. The van der Waals surface area contributed by atoms with Gasteiger partial charge in [-0.1, -0.05) is 29.5 Å². The minimum Gasteiger partial charge on any atom is -0.260 e. The molecule has 98 valence electrons. The van der Waals surface area contributed by atoms with Gasteiger partial charge in [0.05, 0.1) is 16.9 Å². The Hall–Kier alpha value is -2.37. The monoisotopic (exact) mass is 265 g/mol. The number of nitrogens with zero attached hydrogens (tertiary/aromatic N) is 2. The van der Waals surface area contributed by atoms with Gasteiger partial charge in [0.2, 0.25) is 0 Å². The second-order valence-corrected chi connectivity index (χ2v) is 3.73. The Morgan fingerprint density at radius 3 is 2.32 bits per heavy atom. The van der Waals surface area contributed by atoms with Gasteiger partial charge in [0.15, 0.2) is 0 Å². The molecule has 0 aliphatic rings. The van der Waals surface area contributed by atoms with Crippen molar-refractivity contribution in [1.29, 1.82) is 0 Å². The first kappa shape index (κ1) is 13.1. The van der Waals surface area contributed by atoms with Crippen molar-refractivity contribution in [3.63, 3.8) is 0 Å². The van der Waals surface area contributed by atoms with E-state index in [1.54, 1.807) is 24.3 Å². The summed E-state index contributed by atoms with van der Waals surface area (Å²) in [4.78, 5) is 0. The summed E-state index contributed by atoms with van der Waals surface area (Å²) in [6, 6.07) is 13.6. The van der Waals surface area contributed by atoms with Gasteiger partial charge >= 0.3 is 6.18 Å². The highest BCUT2D eigenvalue weighted by molar-refractivity contribution is 5.46. The quantitative estimate of drug-likeness (QED) is 0.627. The summed E-state index contributed by atoms with van der Waals surface area (Å²) in [5.41, 5.74) is 2.58. The molecule has 0 atom stereocenters. The Balaban J connectivity index is 2.06. The van der Waals surface area contributed by atoms with E-state index in [4.69, 9.17) is 0 Å². The van der Waals surface area contributed by atoms with Crippen LogP contribution in [0.4, 0.5) is 24.5 Å². The summed E-state index contributed by atoms with van der Waals surface area (Å²) in [6.07, 6.45) is -4.37. The second kappa shape index (κ2) is 5.51. The fourth-order valence-electron chi connectivity index (χ4n) is 1.40. The Labute approximate surface area is 107 Å². The molecule has 0 aliphatic carbocycles. The fraction of sp³-hybridized carbons (Fsp3) is 0.0769. The first-order valence-corrected chi connectivity index (χ1v) is 5.45. The Bertz CT molecular complexity index is 565. The highest BCUT2D eigenvalue weighted by Gasteiger charge is 2.30. The molecule has 0 aromatic heterocycles. The van der Waals surface area contributed by atoms with E-state index in [0.717, 1.165) is 12.1 Å². The average Bonchev–Trinajstić information content (AvgIpc) is 2.39. The van der Waals surface area contributed by atoms with Gasteiger partial charge in [0.25, 0.3) is 0 Å². The summed E-state index contributed by atoms with van der Waals surface area (Å²) in [5.74, 6) is 0. The minimum absolute atomic E-state index is 0.231. The smallest absolute Gasteiger partial charge is 0.260 e. The van der Waals surface area contributed by atoms with Crippen LogP contribution in [0, 0.1) is 0 Å². The lowest BCUT2D eigenvalue weighted by atomic mass is 10.2. The third kappa shape index (κ3) is 3.80.